The predicted molar refractivity (Wildman–Crippen MR) is 106 cm³/mol. The van der Waals surface area contributed by atoms with Gasteiger partial charge < -0.3 is 15.5 Å². The van der Waals surface area contributed by atoms with Crippen LogP contribution in [-0.2, 0) is 0 Å². The molecular weight excluding hydrogens is 326 g/mol. The van der Waals surface area contributed by atoms with E-state index in [0.717, 1.165) is 34.3 Å². The summed E-state index contributed by atoms with van der Waals surface area (Å²) in [6.45, 7) is 4.28. The van der Waals surface area contributed by atoms with Gasteiger partial charge in [0.2, 0.25) is 5.95 Å². The number of anilines is 4. The van der Waals surface area contributed by atoms with Crippen LogP contribution in [0.15, 0.2) is 30.6 Å². The summed E-state index contributed by atoms with van der Waals surface area (Å²) in [5.74, 6) is 1.60. The molecule has 3 aromatic rings. The molecular formula is C19H25N7. The fourth-order valence-corrected chi connectivity index (χ4v) is 3.00. The van der Waals surface area contributed by atoms with E-state index in [4.69, 9.17) is 4.98 Å². The molecule has 2 N–H and O–H groups in total. The van der Waals surface area contributed by atoms with Gasteiger partial charge in [0, 0.05) is 37.6 Å². The number of hydrogen-bond donors (Lipinski definition) is 2. The first-order chi connectivity index (χ1) is 12.5. The van der Waals surface area contributed by atoms with Crippen LogP contribution >= 0.6 is 0 Å². The topological polar surface area (TPSA) is 70.9 Å². The first kappa shape index (κ1) is 16.6. The number of benzene rings is 1. The number of fused-ring (bicyclic) bond motifs is 1. The molecule has 0 saturated heterocycles. The Morgan fingerprint density at radius 3 is 2.69 bits per heavy atom. The highest BCUT2D eigenvalue weighted by Crippen LogP contribution is 2.31. The molecule has 1 aliphatic carbocycles. The van der Waals surface area contributed by atoms with Gasteiger partial charge in [-0.1, -0.05) is 6.07 Å². The van der Waals surface area contributed by atoms with Gasteiger partial charge in [0.25, 0.3) is 0 Å². The zero-order valence-electron chi connectivity index (χ0n) is 15.7. The summed E-state index contributed by atoms with van der Waals surface area (Å²) in [5, 5.41) is 6.93. The van der Waals surface area contributed by atoms with Crippen molar-refractivity contribution in [3.63, 3.8) is 0 Å². The second-order valence-electron chi connectivity index (χ2n) is 7.28. The Bertz CT molecular complexity index is 925. The normalized spacial score (nSPS) is 14.0. The van der Waals surface area contributed by atoms with Crippen LogP contribution < -0.4 is 15.5 Å². The fourth-order valence-electron chi connectivity index (χ4n) is 3.00. The van der Waals surface area contributed by atoms with Crippen molar-refractivity contribution in [2.24, 2.45) is 0 Å². The Hall–Kier alpha value is -2.83. The van der Waals surface area contributed by atoms with Crippen molar-refractivity contribution in [2.45, 2.75) is 38.8 Å². The highest BCUT2D eigenvalue weighted by Gasteiger charge is 2.24. The van der Waals surface area contributed by atoms with Gasteiger partial charge >= 0.3 is 0 Å². The average molecular weight is 351 g/mol. The van der Waals surface area contributed by atoms with Gasteiger partial charge in [-0.25, -0.2) is 15.0 Å². The van der Waals surface area contributed by atoms with E-state index in [-0.39, 0.29) is 6.04 Å². The summed E-state index contributed by atoms with van der Waals surface area (Å²) < 4.78 is 2.12. The zero-order chi connectivity index (χ0) is 18.3. The third kappa shape index (κ3) is 3.16. The minimum Gasteiger partial charge on any atom is -0.378 e. The van der Waals surface area contributed by atoms with Gasteiger partial charge in [0.1, 0.15) is 6.33 Å². The molecule has 0 aliphatic heterocycles. The lowest BCUT2D eigenvalue weighted by Gasteiger charge is -2.16. The van der Waals surface area contributed by atoms with Crippen molar-refractivity contribution in [2.75, 3.05) is 29.6 Å². The van der Waals surface area contributed by atoms with Gasteiger partial charge in [-0.05, 0) is 44.9 Å². The van der Waals surface area contributed by atoms with Crippen LogP contribution in [0, 0.1) is 0 Å². The summed E-state index contributed by atoms with van der Waals surface area (Å²) in [4.78, 5) is 15.8. The number of rotatable bonds is 6. The van der Waals surface area contributed by atoms with Crippen LogP contribution in [0.4, 0.5) is 23.1 Å². The largest absolute Gasteiger partial charge is 0.378 e. The van der Waals surface area contributed by atoms with Crippen molar-refractivity contribution in [3.8, 4) is 0 Å². The summed E-state index contributed by atoms with van der Waals surface area (Å²) in [7, 11) is 4.07. The first-order valence-corrected chi connectivity index (χ1v) is 9.07. The van der Waals surface area contributed by atoms with Crippen LogP contribution in [0.5, 0.6) is 0 Å². The summed E-state index contributed by atoms with van der Waals surface area (Å²) in [6.07, 6.45) is 4.00. The van der Waals surface area contributed by atoms with Crippen molar-refractivity contribution < 1.29 is 0 Å². The maximum absolute atomic E-state index is 4.84. The fraction of sp³-hybridized carbons (Fsp3) is 0.421. The molecule has 7 nitrogen and oxygen atoms in total. The molecule has 26 heavy (non-hydrogen) atoms. The van der Waals surface area contributed by atoms with Crippen molar-refractivity contribution in [1.29, 1.82) is 0 Å². The van der Waals surface area contributed by atoms with Crippen molar-refractivity contribution in [1.82, 2.24) is 19.5 Å². The van der Waals surface area contributed by atoms with Gasteiger partial charge in [-0.3, -0.25) is 4.57 Å². The Kier molecular flexibility index (Phi) is 4.14. The molecule has 1 aromatic carbocycles. The van der Waals surface area contributed by atoms with E-state index >= 15 is 0 Å². The third-order valence-electron chi connectivity index (χ3n) is 4.53. The molecule has 136 valence electrons. The first-order valence-electron chi connectivity index (χ1n) is 9.07. The summed E-state index contributed by atoms with van der Waals surface area (Å²) >= 11 is 0. The van der Waals surface area contributed by atoms with Gasteiger partial charge in [-0.2, -0.15) is 0 Å². The van der Waals surface area contributed by atoms with Crippen molar-refractivity contribution in [3.05, 3.63) is 30.6 Å². The monoisotopic (exact) mass is 351 g/mol. The van der Waals surface area contributed by atoms with Crippen LogP contribution in [0.2, 0.25) is 0 Å². The molecule has 0 radical (unpaired) electrons. The van der Waals surface area contributed by atoms with Gasteiger partial charge in [-0.15, -0.1) is 0 Å². The molecule has 1 fully saturated rings. The second kappa shape index (κ2) is 6.48. The van der Waals surface area contributed by atoms with E-state index in [1.807, 2.05) is 26.2 Å². The maximum atomic E-state index is 4.84. The summed E-state index contributed by atoms with van der Waals surface area (Å²) in [5.41, 5.74) is 3.81. The SMILES string of the molecule is CC(C)n1c(Nc2cccc(N(C)C)c2)nc2c(NC3CC3)ncnc21. The van der Waals surface area contributed by atoms with E-state index in [2.05, 4.69) is 56.0 Å². The quantitative estimate of drug-likeness (QED) is 0.704. The molecule has 0 unspecified atom stereocenters. The van der Waals surface area contributed by atoms with E-state index in [0.29, 0.717) is 6.04 Å². The molecule has 7 heteroatoms. The third-order valence-corrected chi connectivity index (χ3v) is 4.53. The Morgan fingerprint density at radius 1 is 1.19 bits per heavy atom. The lowest BCUT2D eigenvalue weighted by molar-refractivity contribution is 0.620. The number of imidazole rings is 1. The van der Waals surface area contributed by atoms with E-state index in [1.165, 1.54) is 12.8 Å². The number of nitrogens with one attached hydrogen (secondary N) is 2. The minimum absolute atomic E-state index is 0.225. The molecule has 0 spiro atoms. The Labute approximate surface area is 153 Å². The van der Waals surface area contributed by atoms with E-state index in [1.54, 1.807) is 6.33 Å². The van der Waals surface area contributed by atoms with Gasteiger partial charge in [0.05, 0.1) is 0 Å². The zero-order valence-corrected chi connectivity index (χ0v) is 15.7. The molecule has 1 saturated carbocycles. The lowest BCUT2D eigenvalue weighted by atomic mass is 10.2. The second-order valence-corrected chi connectivity index (χ2v) is 7.28. The highest BCUT2D eigenvalue weighted by molar-refractivity contribution is 5.86. The molecule has 2 heterocycles. The lowest BCUT2D eigenvalue weighted by Crippen LogP contribution is -2.10. The molecule has 0 atom stereocenters. The van der Waals surface area contributed by atoms with Crippen LogP contribution in [0.1, 0.15) is 32.7 Å². The molecule has 1 aliphatic rings. The molecule has 0 bridgehead atoms. The standard InChI is InChI=1S/C19H25N7/c1-12(2)26-18-16(17(20-11-21-18)22-13-8-9-13)24-19(26)23-14-6-5-7-15(10-14)25(3)4/h5-7,10-13H,8-9H2,1-4H3,(H,23,24)(H,20,21,22). The van der Waals surface area contributed by atoms with Crippen LogP contribution in [0.3, 0.4) is 0 Å². The van der Waals surface area contributed by atoms with Gasteiger partial charge in [0.15, 0.2) is 17.0 Å². The predicted octanol–water partition coefficient (Wildman–Crippen LogP) is 3.79. The maximum Gasteiger partial charge on any atom is 0.210 e. The molecule has 0 amide bonds. The molecule has 4 rings (SSSR count). The highest BCUT2D eigenvalue weighted by atomic mass is 15.3. The smallest absolute Gasteiger partial charge is 0.210 e. The van der Waals surface area contributed by atoms with Crippen molar-refractivity contribution >= 4 is 34.3 Å². The number of hydrogen-bond acceptors (Lipinski definition) is 6. The minimum atomic E-state index is 0.225. The van der Waals surface area contributed by atoms with E-state index < -0.39 is 0 Å². The average Bonchev–Trinajstić information content (AvgIpc) is 3.33. The Morgan fingerprint density at radius 2 is 2.00 bits per heavy atom. The number of aromatic nitrogens is 4. The Balaban J connectivity index is 1.76. The summed E-state index contributed by atoms with van der Waals surface area (Å²) in [6, 6.07) is 9.03. The van der Waals surface area contributed by atoms with Crippen LogP contribution in [-0.4, -0.2) is 39.7 Å². The molecule has 2 aromatic heterocycles. The number of nitrogens with zero attached hydrogens (tertiary/aromatic N) is 5. The van der Waals surface area contributed by atoms with Crippen LogP contribution in [0.25, 0.3) is 11.2 Å². The van der Waals surface area contributed by atoms with E-state index in [9.17, 15) is 0 Å².